The normalized spacial score (nSPS) is 18.3. The second-order valence-corrected chi connectivity index (χ2v) is 6.64. The lowest BCUT2D eigenvalue weighted by Gasteiger charge is -2.15. The van der Waals surface area contributed by atoms with Crippen LogP contribution in [0.2, 0.25) is 0 Å². The van der Waals surface area contributed by atoms with Crippen LogP contribution in [-0.4, -0.2) is 28.1 Å². The number of aliphatic carboxylic acids is 1. The number of aliphatic hydroxyl groups is 1. The molecule has 0 saturated carbocycles. The molecule has 0 saturated heterocycles. The second-order valence-electron chi connectivity index (χ2n) is 6.64. The molecule has 0 aliphatic heterocycles. The van der Waals surface area contributed by atoms with Crippen LogP contribution >= 0.6 is 0 Å². The van der Waals surface area contributed by atoms with Crippen molar-refractivity contribution in [2.24, 2.45) is 0 Å². The lowest BCUT2D eigenvalue weighted by atomic mass is 9.89. The number of rotatable bonds is 6. The summed E-state index contributed by atoms with van der Waals surface area (Å²) >= 11 is 0. The molecular formula is C23H22O4. The number of benzene rings is 1. The minimum Gasteiger partial charge on any atom is -0.481 e. The summed E-state index contributed by atoms with van der Waals surface area (Å²) in [6, 6.07) is 8.26. The molecule has 0 amide bonds. The predicted molar refractivity (Wildman–Crippen MR) is 106 cm³/mol. The molecule has 1 unspecified atom stereocenters. The fourth-order valence-electron chi connectivity index (χ4n) is 3.37. The minimum atomic E-state index is -1.18. The van der Waals surface area contributed by atoms with Crippen molar-refractivity contribution in [3.63, 3.8) is 0 Å². The Labute approximate surface area is 158 Å². The quantitative estimate of drug-likeness (QED) is 0.748. The molecular weight excluding hydrogens is 340 g/mol. The monoisotopic (exact) mass is 362 g/mol. The summed E-state index contributed by atoms with van der Waals surface area (Å²) in [7, 11) is 0. The van der Waals surface area contributed by atoms with E-state index in [1.165, 1.54) is 22.8 Å². The maximum absolute atomic E-state index is 11.5. The number of ketones is 1. The van der Waals surface area contributed by atoms with Crippen LogP contribution < -0.4 is 0 Å². The summed E-state index contributed by atoms with van der Waals surface area (Å²) in [5.74, 6) is -1.67. The molecule has 2 aliphatic carbocycles. The van der Waals surface area contributed by atoms with Crippen molar-refractivity contribution in [2.75, 3.05) is 0 Å². The number of allylic oxidation sites excluding steroid dienone is 9. The Morgan fingerprint density at radius 2 is 1.89 bits per heavy atom. The standard InChI is InChI=1S/C23H22O4/c24-18(14-19(25)15-23(26)27)8-5-7-17-13-12-16-6-1-2-9-20(16)22-11-4-3-10-21(17)22/h1,3-8,10-13,18,24H,2,9,14-15H2,(H,26,27)/b8-5+,17-7?. The van der Waals surface area contributed by atoms with Crippen molar-refractivity contribution in [1.82, 2.24) is 0 Å². The maximum Gasteiger partial charge on any atom is 0.310 e. The third kappa shape index (κ3) is 4.80. The van der Waals surface area contributed by atoms with Crippen LogP contribution in [0.3, 0.4) is 0 Å². The van der Waals surface area contributed by atoms with Gasteiger partial charge in [-0.25, -0.2) is 0 Å². The van der Waals surface area contributed by atoms with Gasteiger partial charge >= 0.3 is 5.97 Å². The van der Waals surface area contributed by atoms with Gasteiger partial charge in [-0.3, -0.25) is 9.59 Å². The van der Waals surface area contributed by atoms with Gasteiger partial charge in [0.05, 0.1) is 6.10 Å². The molecule has 1 aromatic rings. The SMILES string of the molecule is O=C(O)CC(=O)CC(O)/C=C/C=C1C=CC2=C(CCC=C2)c2ccccc21. The van der Waals surface area contributed by atoms with E-state index in [4.69, 9.17) is 5.11 Å². The van der Waals surface area contributed by atoms with E-state index in [0.29, 0.717) is 0 Å². The molecule has 4 nitrogen and oxygen atoms in total. The third-order valence-electron chi connectivity index (χ3n) is 4.61. The first-order valence-corrected chi connectivity index (χ1v) is 9.02. The van der Waals surface area contributed by atoms with Crippen LogP contribution in [-0.2, 0) is 9.59 Å². The first kappa shape index (κ1) is 18.8. The van der Waals surface area contributed by atoms with E-state index >= 15 is 0 Å². The van der Waals surface area contributed by atoms with E-state index < -0.39 is 24.3 Å². The molecule has 138 valence electrons. The van der Waals surface area contributed by atoms with Crippen LogP contribution in [0, 0.1) is 0 Å². The summed E-state index contributed by atoms with van der Waals surface area (Å²) in [4.78, 5) is 22.0. The van der Waals surface area contributed by atoms with Gasteiger partial charge in [0.1, 0.15) is 12.2 Å². The summed E-state index contributed by atoms with van der Waals surface area (Å²) in [6.07, 6.45) is 13.9. The summed E-state index contributed by atoms with van der Waals surface area (Å²) in [6.45, 7) is 0. The number of aliphatic hydroxyl groups excluding tert-OH is 1. The smallest absolute Gasteiger partial charge is 0.310 e. The zero-order valence-corrected chi connectivity index (χ0v) is 15.0. The first-order chi connectivity index (χ1) is 13.0. The molecule has 2 N–H and O–H groups in total. The molecule has 1 atom stereocenters. The Balaban J connectivity index is 1.80. The Hall–Kier alpha value is -2.98. The fraction of sp³-hybridized carbons (Fsp3) is 0.217. The molecule has 0 heterocycles. The third-order valence-corrected chi connectivity index (χ3v) is 4.61. The molecule has 0 fully saturated rings. The van der Waals surface area contributed by atoms with E-state index in [1.807, 2.05) is 18.2 Å². The second kappa shape index (κ2) is 8.60. The molecule has 4 heteroatoms. The molecule has 0 bridgehead atoms. The number of carboxylic acids is 1. The van der Waals surface area contributed by atoms with E-state index in [0.717, 1.165) is 24.0 Å². The molecule has 27 heavy (non-hydrogen) atoms. The van der Waals surface area contributed by atoms with Gasteiger partial charge in [0.15, 0.2) is 0 Å². The zero-order chi connectivity index (χ0) is 19.2. The van der Waals surface area contributed by atoms with Gasteiger partial charge in [-0.05, 0) is 40.7 Å². The van der Waals surface area contributed by atoms with Crippen LogP contribution in [0.4, 0.5) is 0 Å². The van der Waals surface area contributed by atoms with Gasteiger partial charge in [0, 0.05) is 6.42 Å². The van der Waals surface area contributed by atoms with Crippen molar-refractivity contribution < 1.29 is 19.8 Å². The number of carboxylic acid groups (broad SMARTS) is 1. The molecule has 0 spiro atoms. The van der Waals surface area contributed by atoms with Crippen molar-refractivity contribution in [3.05, 3.63) is 83.5 Å². The summed E-state index contributed by atoms with van der Waals surface area (Å²) < 4.78 is 0. The van der Waals surface area contributed by atoms with Crippen molar-refractivity contribution in [1.29, 1.82) is 0 Å². The van der Waals surface area contributed by atoms with E-state index in [9.17, 15) is 14.7 Å². The predicted octanol–water partition coefficient (Wildman–Crippen LogP) is 4.09. The Bertz CT molecular complexity index is 897. The average molecular weight is 362 g/mol. The van der Waals surface area contributed by atoms with E-state index in [2.05, 4.69) is 36.4 Å². The minimum absolute atomic E-state index is 0.195. The molecule has 0 aromatic heterocycles. The van der Waals surface area contributed by atoms with Crippen LogP contribution in [0.25, 0.3) is 11.1 Å². The number of carbonyl (C=O) groups excluding carboxylic acids is 1. The molecule has 0 radical (unpaired) electrons. The maximum atomic E-state index is 11.5. The van der Waals surface area contributed by atoms with Crippen molar-refractivity contribution in [3.8, 4) is 0 Å². The average Bonchev–Trinajstić information content (AvgIpc) is 2.79. The van der Waals surface area contributed by atoms with E-state index in [-0.39, 0.29) is 6.42 Å². The van der Waals surface area contributed by atoms with Gasteiger partial charge < -0.3 is 10.2 Å². The molecule has 2 aliphatic rings. The Morgan fingerprint density at radius 1 is 1.11 bits per heavy atom. The van der Waals surface area contributed by atoms with Gasteiger partial charge in [-0.1, -0.05) is 66.8 Å². The highest BCUT2D eigenvalue weighted by atomic mass is 16.4. The lowest BCUT2D eigenvalue weighted by Crippen LogP contribution is -2.14. The lowest BCUT2D eigenvalue weighted by molar-refractivity contribution is -0.140. The molecule has 3 rings (SSSR count). The van der Waals surface area contributed by atoms with Gasteiger partial charge in [-0.15, -0.1) is 0 Å². The highest BCUT2D eigenvalue weighted by molar-refractivity contribution is 5.95. The highest BCUT2D eigenvalue weighted by Crippen LogP contribution is 2.37. The first-order valence-electron chi connectivity index (χ1n) is 9.02. The largest absolute Gasteiger partial charge is 0.481 e. The van der Waals surface area contributed by atoms with Gasteiger partial charge in [0.25, 0.3) is 0 Å². The number of fused-ring (bicyclic) bond motifs is 2. The van der Waals surface area contributed by atoms with Crippen LogP contribution in [0.15, 0.2) is 72.4 Å². The van der Waals surface area contributed by atoms with Gasteiger partial charge in [-0.2, -0.15) is 0 Å². The number of hydrogen-bond acceptors (Lipinski definition) is 3. The van der Waals surface area contributed by atoms with Crippen LogP contribution in [0.1, 0.15) is 36.8 Å². The number of Topliss-reactive ketones (excluding diaryl/α,β-unsaturated/α-hetero) is 1. The molecule has 1 aromatic carbocycles. The fourth-order valence-corrected chi connectivity index (χ4v) is 3.37. The van der Waals surface area contributed by atoms with Crippen molar-refractivity contribution in [2.45, 2.75) is 31.8 Å². The Morgan fingerprint density at radius 3 is 2.67 bits per heavy atom. The number of hydrogen-bond donors (Lipinski definition) is 2. The zero-order valence-electron chi connectivity index (χ0n) is 15.0. The number of carbonyl (C=O) groups is 2. The highest BCUT2D eigenvalue weighted by Gasteiger charge is 2.16. The van der Waals surface area contributed by atoms with Crippen LogP contribution in [0.5, 0.6) is 0 Å². The van der Waals surface area contributed by atoms with Gasteiger partial charge in [0.2, 0.25) is 0 Å². The summed E-state index contributed by atoms with van der Waals surface area (Å²) in [5, 5.41) is 18.5. The topological polar surface area (TPSA) is 74.6 Å². The van der Waals surface area contributed by atoms with Crippen molar-refractivity contribution >= 4 is 22.9 Å². The summed E-state index contributed by atoms with van der Waals surface area (Å²) in [5.41, 5.74) is 5.94. The van der Waals surface area contributed by atoms with E-state index in [1.54, 1.807) is 6.08 Å². The Kier molecular flexibility index (Phi) is 5.99.